The number of carbonyl (C=O) groups is 1. The van der Waals surface area contributed by atoms with Crippen molar-refractivity contribution >= 4 is 28.9 Å². The standard InChI is InChI=1S/C15H12ClN3O/c16-10-6-7-12-11(8-10)13(9-4-2-1-3-5-9)19-14(17)15(20)18-12/h1-8,14H,17H2,(H,18,20)/t14-/m1/s1. The Balaban J connectivity index is 2.23. The summed E-state index contributed by atoms with van der Waals surface area (Å²) in [6.07, 6.45) is -0.934. The first-order chi connectivity index (χ1) is 9.65. The molecule has 0 bridgehead atoms. The van der Waals surface area contributed by atoms with Crippen LogP contribution in [0.1, 0.15) is 11.1 Å². The minimum Gasteiger partial charge on any atom is -0.322 e. The van der Waals surface area contributed by atoms with Gasteiger partial charge in [0.15, 0.2) is 6.17 Å². The zero-order valence-electron chi connectivity index (χ0n) is 10.5. The average Bonchev–Trinajstić information content (AvgIpc) is 2.58. The van der Waals surface area contributed by atoms with Gasteiger partial charge in [-0.15, -0.1) is 0 Å². The fraction of sp³-hybridized carbons (Fsp3) is 0.0667. The number of nitrogens with two attached hydrogens (primary N) is 1. The Bertz CT molecular complexity index is 698. The molecular formula is C15H12ClN3O. The van der Waals surface area contributed by atoms with Crippen LogP contribution >= 0.6 is 11.6 Å². The molecule has 1 heterocycles. The van der Waals surface area contributed by atoms with Gasteiger partial charge in [-0.3, -0.25) is 9.79 Å². The van der Waals surface area contributed by atoms with E-state index in [2.05, 4.69) is 10.3 Å². The van der Waals surface area contributed by atoms with Crippen molar-refractivity contribution in [1.82, 2.24) is 0 Å². The first-order valence-corrected chi connectivity index (χ1v) is 6.52. The van der Waals surface area contributed by atoms with E-state index >= 15 is 0 Å². The number of hydrogen-bond acceptors (Lipinski definition) is 3. The Hall–Kier alpha value is -2.17. The summed E-state index contributed by atoms with van der Waals surface area (Å²) in [4.78, 5) is 16.2. The lowest BCUT2D eigenvalue weighted by atomic mass is 10.0. The van der Waals surface area contributed by atoms with E-state index in [-0.39, 0.29) is 5.91 Å². The third kappa shape index (κ3) is 2.31. The van der Waals surface area contributed by atoms with Crippen molar-refractivity contribution in [2.45, 2.75) is 6.17 Å². The van der Waals surface area contributed by atoms with E-state index in [0.717, 1.165) is 11.1 Å². The molecule has 1 atom stereocenters. The summed E-state index contributed by atoms with van der Waals surface area (Å²) in [6.45, 7) is 0. The van der Waals surface area contributed by atoms with E-state index < -0.39 is 6.17 Å². The minimum atomic E-state index is -0.934. The van der Waals surface area contributed by atoms with Gasteiger partial charge in [-0.05, 0) is 18.2 Å². The lowest BCUT2D eigenvalue weighted by Gasteiger charge is -2.10. The number of hydrogen-bond donors (Lipinski definition) is 2. The van der Waals surface area contributed by atoms with Gasteiger partial charge in [-0.1, -0.05) is 41.9 Å². The molecule has 0 aromatic heterocycles. The number of benzene rings is 2. The van der Waals surface area contributed by atoms with E-state index in [1.165, 1.54) is 0 Å². The topological polar surface area (TPSA) is 67.5 Å². The smallest absolute Gasteiger partial charge is 0.263 e. The molecule has 0 radical (unpaired) electrons. The number of nitrogens with zero attached hydrogens (tertiary/aromatic N) is 1. The summed E-state index contributed by atoms with van der Waals surface area (Å²) in [7, 11) is 0. The van der Waals surface area contributed by atoms with Gasteiger partial charge in [0.05, 0.1) is 11.4 Å². The minimum absolute atomic E-state index is 0.334. The molecule has 0 aliphatic carbocycles. The molecule has 2 aromatic carbocycles. The summed E-state index contributed by atoms with van der Waals surface area (Å²) in [5.74, 6) is -0.334. The first kappa shape index (κ1) is 12.8. The van der Waals surface area contributed by atoms with Crippen LogP contribution in [0.5, 0.6) is 0 Å². The van der Waals surface area contributed by atoms with Crippen molar-refractivity contribution in [2.75, 3.05) is 5.32 Å². The molecule has 0 saturated heterocycles. The van der Waals surface area contributed by atoms with Crippen LogP contribution in [0.4, 0.5) is 5.69 Å². The Morgan fingerprint density at radius 3 is 2.65 bits per heavy atom. The van der Waals surface area contributed by atoms with Crippen LogP contribution in [-0.2, 0) is 4.79 Å². The van der Waals surface area contributed by atoms with Gasteiger partial charge in [-0.25, -0.2) is 0 Å². The lowest BCUT2D eigenvalue weighted by Crippen LogP contribution is -2.33. The molecule has 3 N–H and O–H groups in total. The summed E-state index contributed by atoms with van der Waals surface area (Å²) < 4.78 is 0. The van der Waals surface area contributed by atoms with Gasteiger partial charge < -0.3 is 11.1 Å². The quantitative estimate of drug-likeness (QED) is 0.845. The van der Waals surface area contributed by atoms with Crippen molar-refractivity contribution in [3.8, 4) is 0 Å². The number of halogens is 1. The maximum atomic E-state index is 11.9. The first-order valence-electron chi connectivity index (χ1n) is 6.15. The van der Waals surface area contributed by atoms with Crippen LogP contribution < -0.4 is 11.1 Å². The maximum absolute atomic E-state index is 11.9. The number of fused-ring (bicyclic) bond motifs is 1. The molecule has 0 unspecified atom stereocenters. The van der Waals surface area contributed by atoms with E-state index in [1.54, 1.807) is 18.2 Å². The third-order valence-electron chi connectivity index (χ3n) is 3.08. The maximum Gasteiger partial charge on any atom is 0.263 e. The fourth-order valence-corrected chi connectivity index (χ4v) is 2.29. The van der Waals surface area contributed by atoms with Gasteiger partial charge >= 0.3 is 0 Å². The van der Waals surface area contributed by atoms with Crippen LogP contribution in [0.3, 0.4) is 0 Å². The monoisotopic (exact) mass is 285 g/mol. The van der Waals surface area contributed by atoms with Crippen LogP contribution in [-0.4, -0.2) is 17.8 Å². The summed E-state index contributed by atoms with van der Waals surface area (Å²) >= 11 is 6.06. The Morgan fingerprint density at radius 1 is 1.15 bits per heavy atom. The molecule has 4 nitrogen and oxygen atoms in total. The molecule has 1 aliphatic rings. The molecule has 1 aliphatic heterocycles. The van der Waals surface area contributed by atoms with Crippen molar-refractivity contribution in [3.63, 3.8) is 0 Å². The van der Waals surface area contributed by atoms with Crippen molar-refractivity contribution < 1.29 is 4.79 Å². The summed E-state index contributed by atoms with van der Waals surface area (Å²) in [5, 5.41) is 3.34. The molecule has 20 heavy (non-hydrogen) atoms. The molecular weight excluding hydrogens is 274 g/mol. The fourth-order valence-electron chi connectivity index (χ4n) is 2.12. The van der Waals surface area contributed by atoms with Gasteiger partial charge in [0.25, 0.3) is 5.91 Å². The Morgan fingerprint density at radius 2 is 1.90 bits per heavy atom. The number of carbonyl (C=O) groups excluding carboxylic acids is 1. The molecule has 3 rings (SSSR count). The summed E-state index contributed by atoms with van der Waals surface area (Å²) in [5.41, 5.74) is 8.77. The van der Waals surface area contributed by atoms with Gasteiger partial charge in [0.1, 0.15) is 0 Å². The summed E-state index contributed by atoms with van der Waals surface area (Å²) in [6, 6.07) is 14.8. The number of benzodiazepines with no additional fused rings is 1. The highest BCUT2D eigenvalue weighted by molar-refractivity contribution is 6.32. The van der Waals surface area contributed by atoms with Crippen molar-refractivity contribution in [2.24, 2.45) is 10.7 Å². The molecule has 0 spiro atoms. The van der Waals surface area contributed by atoms with Crippen LogP contribution in [0.25, 0.3) is 0 Å². The SMILES string of the molecule is N[C@@H]1N=C(c2ccccc2)c2cc(Cl)ccc2NC1=O. The molecule has 5 heteroatoms. The molecule has 2 aromatic rings. The average molecular weight is 286 g/mol. The van der Waals surface area contributed by atoms with Crippen LogP contribution in [0.2, 0.25) is 5.02 Å². The zero-order valence-corrected chi connectivity index (χ0v) is 11.3. The largest absolute Gasteiger partial charge is 0.322 e. The van der Waals surface area contributed by atoms with Gasteiger partial charge in [-0.2, -0.15) is 0 Å². The van der Waals surface area contributed by atoms with Crippen LogP contribution in [0.15, 0.2) is 53.5 Å². The van der Waals surface area contributed by atoms with Crippen molar-refractivity contribution in [1.29, 1.82) is 0 Å². The van der Waals surface area contributed by atoms with E-state index in [4.69, 9.17) is 17.3 Å². The molecule has 0 fully saturated rings. The molecule has 100 valence electrons. The normalized spacial score (nSPS) is 17.8. The van der Waals surface area contributed by atoms with E-state index in [9.17, 15) is 4.79 Å². The Labute approximate surface area is 121 Å². The molecule has 0 saturated carbocycles. The highest BCUT2D eigenvalue weighted by Crippen LogP contribution is 2.26. The van der Waals surface area contributed by atoms with Gasteiger partial charge in [0, 0.05) is 16.1 Å². The highest BCUT2D eigenvalue weighted by Gasteiger charge is 2.23. The number of anilines is 1. The van der Waals surface area contributed by atoms with Crippen molar-refractivity contribution in [3.05, 3.63) is 64.7 Å². The number of rotatable bonds is 1. The second-order valence-corrected chi connectivity index (χ2v) is 4.90. The lowest BCUT2D eigenvalue weighted by molar-refractivity contribution is -0.117. The molecule has 1 amide bonds. The van der Waals surface area contributed by atoms with E-state index in [0.29, 0.717) is 16.4 Å². The second kappa shape index (κ2) is 5.07. The predicted molar refractivity (Wildman–Crippen MR) is 80.1 cm³/mol. The van der Waals surface area contributed by atoms with Gasteiger partial charge in [0.2, 0.25) is 0 Å². The van der Waals surface area contributed by atoms with Crippen LogP contribution in [0, 0.1) is 0 Å². The predicted octanol–water partition coefficient (Wildman–Crippen LogP) is 2.41. The number of nitrogens with one attached hydrogen (secondary N) is 1. The number of amides is 1. The Kier molecular flexibility index (Phi) is 3.26. The highest BCUT2D eigenvalue weighted by atomic mass is 35.5. The zero-order chi connectivity index (χ0) is 14.1. The second-order valence-electron chi connectivity index (χ2n) is 4.47. The van der Waals surface area contributed by atoms with E-state index in [1.807, 2.05) is 30.3 Å². The third-order valence-corrected chi connectivity index (χ3v) is 3.31. The number of aliphatic imine (C=N–C) groups is 1.